The summed E-state index contributed by atoms with van der Waals surface area (Å²) in [5.41, 5.74) is 1.68. The maximum Gasteiger partial charge on any atom is 0.254 e. The predicted octanol–water partition coefficient (Wildman–Crippen LogP) is 2.32. The van der Waals surface area contributed by atoms with Crippen molar-refractivity contribution < 1.29 is 11.3 Å². The lowest BCUT2D eigenvalue weighted by molar-refractivity contribution is 0.0960. The zero-order valence-electron chi connectivity index (χ0n) is 12.4. The average Bonchev–Trinajstić information content (AvgIpc) is 3.05. The van der Waals surface area contributed by atoms with E-state index in [0.717, 1.165) is 5.69 Å². The lowest BCUT2D eigenvalue weighted by Gasteiger charge is -2.07. The van der Waals surface area contributed by atoms with Gasteiger partial charge in [-0.25, -0.2) is 4.68 Å². The maximum absolute atomic E-state index is 11.7. The van der Waals surface area contributed by atoms with E-state index in [0.29, 0.717) is 11.6 Å². The third-order valence-electron chi connectivity index (χ3n) is 3.24. The van der Waals surface area contributed by atoms with Crippen molar-refractivity contribution >= 4 is 17.5 Å². The summed E-state index contributed by atoms with van der Waals surface area (Å²) in [6, 6.07) is 14.2. The van der Waals surface area contributed by atoms with Gasteiger partial charge in [0, 0.05) is 14.2 Å². The number of benzene rings is 2. The Morgan fingerprint density at radius 3 is 2.74 bits per heavy atom. The number of carbonyl (C=O) groups excluding carboxylic acids is 1. The van der Waals surface area contributed by atoms with E-state index < -0.39 is 0 Å². The molecule has 0 radical (unpaired) electrons. The van der Waals surface area contributed by atoms with Crippen LogP contribution in [0, 0.1) is 0 Å². The second-order valence-electron chi connectivity index (χ2n) is 4.78. The molecule has 1 aromatic heterocycles. The molecule has 0 spiro atoms. The van der Waals surface area contributed by atoms with Crippen molar-refractivity contribution in [2.75, 3.05) is 12.4 Å². The molecule has 1 amide bonds. The number of amides is 1. The van der Waals surface area contributed by atoms with Gasteiger partial charge >= 0.3 is 0 Å². The van der Waals surface area contributed by atoms with Gasteiger partial charge in [0.15, 0.2) is 0 Å². The van der Waals surface area contributed by atoms with Crippen molar-refractivity contribution in [1.82, 2.24) is 20.1 Å². The standard InChI is InChI=1S/C16H15N5O2.H2/c1-17-15(23)13-9-11(7-8-14(13)22)19-16-18-10-21(20-16)12-5-3-2-4-6-12;/h2-10,22H,1H3,(H,17,23)(H,19,20);1H. The molecule has 7 nitrogen and oxygen atoms in total. The number of para-hydroxylation sites is 1. The topological polar surface area (TPSA) is 92.1 Å². The second kappa shape index (κ2) is 6.18. The van der Waals surface area contributed by atoms with E-state index in [9.17, 15) is 9.90 Å². The second-order valence-corrected chi connectivity index (χ2v) is 4.78. The van der Waals surface area contributed by atoms with Crippen LogP contribution in [0.1, 0.15) is 11.8 Å². The largest absolute Gasteiger partial charge is 0.507 e. The molecule has 0 atom stereocenters. The Kier molecular flexibility index (Phi) is 3.92. The van der Waals surface area contributed by atoms with Crippen molar-refractivity contribution in [1.29, 1.82) is 0 Å². The van der Waals surface area contributed by atoms with Crippen LogP contribution in [0.2, 0.25) is 0 Å². The summed E-state index contributed by atoms with van der Waals surface area (Å²) >= 11 is 0. The zero-order valence-corrected chi connectivity index (χ0v) is 12.4. The first kappa shape index (κ1) is 14.6. The van der Waals surface area contributed by atoms with Crippen LogP contribution in [-0.2, 0) is 0 Å². The number of phenolic OH excluding ortho intramolecular Hbond substituents is 1. The fourth-order valence-electron chi connectivity index (χ4n) is 2.08. The fraction of sp³-hybridized carbons (Fsp3) is 0.0625. The molecule has 0 fully saturated rings. The van der Waals surface area contributed by atoms with Crippen molar-refractivity contribution in [2.24, 2.45) is 0 Å². The molecule has 1 heterocycles. The summed E-state index contributed by atoms with van der Waals surface area (Å²) in [6.45, 7) is 0. The summed E-state index contributed by atoms with van der Waals surface area (Å²) in [5.74, 6) is -0.0611. The third kappa shape index (κ3) is 3.13. The van der Waals surface area contributed by atoms with E-state index in [2.05, 4.69) is 20.7 Å². The first-order valence-corrected chi connectivity index (χ1v) is 6.96. The molecule has 0 bridgehead atoms. The molecule has 7 heteroatoms. The van der Waals surface area contributed by atoms with Crippen LogP contribution in [0.15, 0.2) is 54.9 Å². The lowest BCUT2D eigenvalue weighted by atomic mass is 10.1. The smallest absolute Gasteiger partial charge is 0.254 e. The van der Waals surface area contributed by atoms with E-state index in [-0.39, 0.29) is 18.6 Å². The van der Waals surface area contributed by atoms with Crippen molar-refractivity contribution in [3.8, 4) is 11.4 Å². The lowest BCUT2D eigenvalue weighted by Crippen LogP contribution is -2.18. The van der Waals surface area contributed by atoms with Gasteiger partial charge in [0.1, 0.15) is 12.1 Å². The molecule has 3 aromatic rings. The van der Waals surface area contributed by atoms with Crippen LogP contribution in [0.5, 0.6) is 5.75 Å². The van der Waals surface area contributed by atoms with E-state index in [4.69, 9.17) is 0 Å². The minimum Gasteiger partial charge on any atom is -0.507 e. The molecule has 0 unspecified atom stereocenters. The minimum atomic E-state index is -0.367. The highest BCUT2D eigenvalue weighted by Crippen LogP contribution is 2.23. The molecule has 3 rings (SSSR count). The van der Waals surface area contributed by atoms with Crippen LogP contribution in [0.4, 0.5) is 11.6 Å². The summed E-state index contributed by atoms with van der Waals surface area (Å²) in [7, 11) is 1.50. The molecule has 3 N–H and O–H groups in total. The van der Waals surface area contributed by atoms with E-state index in [1.165, 1.54) is 19.2 Å². The van der Waals surface area contributed by atoms with Crippen LogP contribution >= 0.6 is 0 Å². The highest BCUT2D eigenvalue weighted by molar-refractivity contribution is 5.97. The van der Waals surface area contributed by atoms with E-state index in [1.807, 2.05) is 30.3 Å². The van der Waals surface area contributed by atoms with Gasteiger partial charge in [-0.3, -0.25) is 4.79 Å². The SMILES string of the molecule is CNC(=O)c1cc(Nc2ncn(-c3ccccc3)n2)ccc1O.[HH]. The van der Waals surface area contributed by atoms with Gasteiger partial charge in [0.25, 0.3) is 5.91 Å². The van der Waals surface area contributed by atoms with Gasteiger partial charge in [-0.2, -0.15) is 4.98 Å². The van der Waals surface area contributed by atoms with Gasteiger partial charge in [0.05, 0.1) is 11.3 Å². The molecule has 2 aromatic carbocycles. The number of rotatable bonds is 4. The maximum atomic E-state index is 11.7. The number of aromatic nitrogens is 3. The Bertz CT molecular complexity index is 835. The van der Waals surface area contributed by atoms with Crippen LogP contribution in [-0.4, -0.2) is 32.8 Å². The number of aromatic hydroxyl groups is 1. The number of nitrogens with zero attached hydrogens (tertiary/aromatic N) is 3. The van der Waals surface area contributed by atoms with Gasteiger partial charge in [-0.05, 0) is 30.3 Å². The molecule has 0 aliphatic heterocycles. The monoisotopic (exact) mass is 311 g/mol. The number of hydrogen-bond acceptors (Lipinski definition) is 5. The first-order valence-electron chi connectivity index (χ1n) is 6.96. The van der Waals surface area contributed by atoms with Gasteiger partial charge in [-0.1, -0.05) is 18.2 Å². The normalized spacial score (nSPS) is 10.3. The van der Waals surface area contributed by atoms with Crippen molar-refractivity contribution in [3.63, 3.8) is 0 Å². The van der Waals surface area contributed by atoms with Crippen molar-refractivity contribution in [3.05, 3.63) is 60.4 Å². The Morgan fingerprint density at radius 1 is 1.22 bits per heavy atom. The van der Waals surface area contributed by atoms with E-state index >= 15 is 0 Å². The molecular weight excluding hydrogens is 294 g/mol. The molecule has 0 saturated carbocycles. The van der Waals surface area contributed by atoms with Crippen LogP contribution < -0.4 is 10.6 Å². The fourth-order valence-corrected chi connectivity index (χ4v) is 2.08. The molecular formula is C16H17N5O2. The summed E-state index contributed by atoms with van der Waals surface area (Å²) in [6.07, 6.45) is 1.59. The quantitative estimate of drug-likeness (QED) is 0.643. The molecule has 23 heavy (non-hydrogen) atoms. The number of anilines is 2. The summed E-state index contributed by atoms with van der Waals surface area (Å²) < 4.78 is 1.64. The van der Waals surface area contributed by atoms with Gasteiger partial charge < -0.3 is 15.7 Å². The number of carbonyl (C=O) groups is 1. The predicted molar refractivity (Wildman–Crippen MR) is 88.3 cm³/mol. The molecule has 0 aliphatic rings. The first-order chi connectivity index (χ1) is 11.2. The number of nitrogens with one attached hydrogen (secondary N) is 2. The van der Waals surface area contributed by atoms with Crippen molar-refractivity contribution in [2.45, 2.75) is 0 Å². The molecule has 0 saturated heterocycles. The zero-order chi connectivity index (χ0) is 16.2. The minimum absolute atomic E-state index is 0. The highest BCUT2D eigenvalue weighted by Gasteiger charge is 2.11. The summed E-state index contributed by atoms with van der Waals surface area (Å²) in [4.78, 5) is 15.9. The molecule has 0 aliphatic carbocycles. The Morgan fingerprint density at radius 2 is 2.00 bits per heavy atom. The average molecular weight is 311 g/mol. The van der Waals surface area contributed by atoms with Gasteiger partial charge in [0.2, 0.25) is 5.95 Å². The Labute approximate surface area is 134 Å². The third-order valence-corrected chi connectivity index (χ3v) is 3.24. The van der Waals surface area contributed by atoms with Crippen LogP contribution in [0.25, 0.3) is 5.69 Å². The highest BCUT2D eigenvalue weighted by atomic mass is 16.3. The van der Waals surface area contributed by atoms with Gasteiger partial charge in [-0.15, -0.1) is 5.10 Å². The van der Waals surface area contributed by atoms with Crippen LogP contribution in [0.3, 0.4) is 0 Å². The summed E-state index contributed by atoms with van der Waals surface area (Å²) in [5, 5.41) is 19.5. The number of phenols is 1. The Hall–Kier alpha value is -3.35. The Balaban J connectivity index is 0.00000208. The van der Waals surface area contributed by atoms with E-state index in [1.54, 1.807) is 17.1 Å². The molecule has 118 valence electrons. The number of hydrogen-bond donors (Lipinski definition) is 3.